The summed E-state index contributed by atoms with van der Waals surface area (Å²) >= 11 is 12.8. The van der Waals surface area contributed by atoms with Crippen molar-refractivity contribution in [3.63, 3.8) is 0 Å². The summed E-state index contributed by atoms with van der Waals surface area (Å²) in [5.74, 6) is -4.80. The number of halogens is 2. The maximum atomic E-state index is 15.0. The Balaban J connectivity index is 2.00. The quantitative estimate of drug-likeness (QED) is 0.229. The predicted molar refractivity (Wildman–Crippen MR) is 147 cm³/mol. The number of benzene rings is 2. The molecular weight excluding hydrogens is 605 g/mol. The van der Waals surface area contributed by atoms with E-state index in [-0.39, 0.29) is 59.1 Å². The molecule has 0 aromatic heterocycles. The molecule has 216 valence electrons. The van der Waals surface area contributed by atoms with Gasteiger partial charge in [-0.3, -0.25) is 18.6 Å². The standard InChI is InChI=1S/C26H28Cl2O10P2/c1-5-33-23(29)25-21(17-13-15(27)9-11-19(17)37-39(25,31)35-7-3)26(24(30)34-6-2)22(25)18-14-16(28)10-12-20(18)38-40(26,32)36-8-4/h9-14,21-22H,5-8H2,1-4H3/t21?,22?,25?,26?,39-,40+. The molecular formula is C26H28Cl2O10P2. The lowest BCUT2D eigenvalue weighted by Gasteiger charge is -2.68. The van der Waals surface area contributed by atoms with Crippen LogP contribution in [0, 0.1) is 0 Å². The lowest BCUT2D eigenvalue weighted by molar-refractivity contribution is -0.164. The summed E-state index contributed by atoms with van der Waals surface area (Å²) in [4.78, 5) is 28.5. The van der Waals surface area contributed by atoms with Crippen LogP contribution in [0.3, 0.4) is 0 Å². The van der Waals surface area contributed by atoms with Gasteiger partial charge in [0.05, 0.1) is 26.4 Å². The van der Waals surface area contributed by atoms with Crippen molar-refractivity contribution in [3.8, 4) is 11.5 Å². The zero-order valence-electron chi connectivity index (χ0n) is 22.2. The van der Waals surface area contributed by atoms with Crippen molar-refractivity contribution >= 4 is 50.3 Å². The fourth-order valence-corrected chi connectivity index (χ4v) is 12.5. The summed E-state index contributed by atoms with van der Waals surface area (Å²) in [5.41, 5.74) is 0.370. The summed E-state index contributed by atoms with van der Waals surface area (Å²) in [6, 6.07) is 8.82. The average molecular weight is 633 g/mol. The number of carbonyl (C=O) groups is 2. The molecule has 0 saturated heterocycles. The van der Waals surface area contributed by atoms with Crippen molar-refractivity contribution < 1.29 is 46.3 Å². The van der Waals surface area contributed by atoms with Crippen LogP contribution in [-0.4, -0.2) is 48.7 Å². The highest BCUT2D eigenvalue weighted by molar-refractivity contribution is 7.60. The van der Waals surface area contributed by atoms with Gasteiger partial charge < -0.3 is 18.5 Å². The first-order valence-corrected chi connectivity index (χ1v) is 16.7. The first-order chi connectivity index (χ1) is 19.0. The molecule has 40 heavy (non-hydrogen) atoms. The maximum absolute atomic E-state index is 15.0. The van der Waals surface area contributed by atoms with E-state index in [9.17, 15) is 9.59 Å². The first-order valence-electron chi connectivity index (χ1n) is 12.8. The van der Waals surface area contributed by atoms with E-state index in [0.717, 1.165) is 0 Å². The van der Waals surface area contributed by atoms with E-state index in [1.807, 2.05) is 0 Å². The van der Waals surface area contributed by atoms with Crippen LogP contribution in [0.1, 0.15) is 50.7 Å². The Morgan fingerprint density at radius 1 is 0.725 bits per heavy atom. The fourth-order valence-electron chi connectivity index (χ4n) is 6.35. The van der Waals surface area contributed by atoms with E-state index in [1.165, 1.54) is 36.4 Å². The van der Waals surface area contributed by atoms with Crippen molar-refractivity contribution in [2.45, 2.75) is 49.8 Å². The molecule has 2 aromatic carbocycles. The molecule has 0 N–H and O–H groups in total. The number of ether oxygens (including phenoxy) is 2. The molecule has 4 unspecified atom stereocenters. The third-order valence-electron chi connectivity index (χ3n) is 7.47. The molecule has 2 aliphatic heterocycles. The Kier molecular flexibility index (Phi) is 7.61. The van der Waals surface area contributed by atoms with Crippen LogP contribution in [0.25, 0.3) is 0 Å². The minimum atomic E-state index is -4.58. The van der Waals surface area contributed by atoms with Gasteiger partial charge in [-0.2, -0.15) is 0 Å². The minimum absolute atomic E-state index is 0.0353. The van der Waals surface area contributed by atoms with Crippen molar-refractivity contribution in [1.29, 1.82) is 0 Å². The van der Waals surface area contributed by atoms with E-state index in [0.29, 0.717) is 0 Å². The van der Waals surface area contributed by atoms with Crippen LogP contribution >= 0.6 is 38.4 Å². The van der Waals surface area contributed by atoms with Gasteiger partial charge in [0.15, 0.2) is 10.3 Å². The largest absolute Gasteiger partial charge is 0.465 e. The van der Waals surface area contributed by atoms with Gasteiger partial charge in [-0.05, 0) is 64.1 Å². The topological polar surface area (TPSA) is 124 Å². The lowest BCUT2D eigenvalue weighted by Crippen LogP contribution is -2.78. The molecule has 1 aliphatic carbocycles. The van der Waals surface area contributed by atoms with Gasteiger partial charge in [-0.1, -0.05) is 23.2 Å². The Bertz CT molecular complexity index is 1360. The third kappa shape index (κ3) is 3.63. The van der Waals surface area contributed by atoms with Crippen LogP contribution in [0.5, 0.6) is 11.5 Å². The number of rotatable bonds is 8. The highest BCUT2D eigenvalue weighted by Crippen LogP contribution is 2.92. The summed E-state index contributed by atoms with van der Waals surface area (Å²) < 4.78 is 64.8. The molecule has 1 fully saturated rings. The van der Waals surface area contributed by atoms with E-state index >= 15 is 9.13 Å². The second kappa shape index (κ2) is 10.3. The molecule has 1 saturated carbocycles. The predicted octanol–water partition coefficient (Wildman–Crippen LogP) is 6.72. The number of fused-ring (bicyclic) bond motifs is 8. The molecule has 2 aromatic rings. The molecule has 5 rings (SSSR count). The molecule has 14 heteroatoms. The highest BCUT2D eigenvalue weighted by Gasteiger charge is 2.95. The van der Waals surface area contributed by atoms with Crippen molar-refractivity contribution in [3.05, 3.63) is 57.6 Å². The molecule has 0 spiro atoms. The van der Waals surface area contributed by atoms with Crippen molar-refractivity contribution in [1.82, 2.24) is 0 Å². The van der Waals surface area contributed by atoms with Gasteiger partial charge in [0.2, 0.25) is 0 Å². The fraction of sp³-hybridized carbons (Fsp3) is 0.462. The third-order valence-corrected chi connectivity index (χ3v) is 13.2. The van der Waals surface area contributed by atoms with E-state index in [1.54, 1.807) is 27.7 Å². The van der Waals surface area contributed by atoms with Crippen LogP contribution in [0.4, 0.5) is 0 Å². The number of hydrogen-bond donors (Lipinski definition) is 0. The second-order valence-corrected chi connectivity index (χ2v) is 14.6. The molecule has 3 aliphatic rings. The van der Waals surface area contributed by atoms with Crippen LogP contribution in [-0.2, 0) is 37.2 Å². The van der Waals surface area contributed by atoms with E-state index in [2.05, 4.69) is 0 Å². The summed E-state index contributed by atoms with van der Waals surface area (Å²) in [6.45, 7) is 5.93. The SMILES string of the molecule is CCOC(=O)C12C(c3cc(Cl)ccc3O[P@]1(=O)OCC)C1(C(=O)OCC)C2c2cc(Cl)ccc2O[P@@]1(=O)OCC. The smallest absolute Gasteiger partial charge is 0.397 e. The molecule has 0 bridgehead atoms. The number of carbonyl (C=O) groups excluding carboxylic acids is 2. The van der Waals surface area contributed by atoms with Gasteiger partial charge in [0.25, 0.3) is 0 Å². The number of hydrogen-bond acceptors (Lipinski definition) is 10. The highest BCUT2D eigenvalue weighted by atomic mass is 35.5. The van der Waals surface area contributed by atoms with E-state index < -0.39 is 49.3 Å². The number of esters is 2. The zero-order valence-corrected chi connectivity index (χ0v) is 25.5. The zero-order chi connectivity index (χ0) is 29.1. The summed E-state index contributed by atoms with van der Waals surface area (Å²) in [6.07, 6.45) is 0. The molecule has 0 amide bonds. The maximum Gasteiger partial charge on any atom is 0.397 e. The Hall–Kier alpha value is -2.06. The van der Waals surface area contributed by atoms with Crippen molar-refractivity contribution in [2.75, 3.05) is 26.4 Å². The Morgan fingerprint density at radius 2 is 1.10 bits per heavy atom. The average Bonchev–Trinajstić information content (AvgIpc) is 2.86. The van der Waals surface area contributed by atoms with Crippen LogP contribution in [0.2, 0.25) is 10.0 Å². The van der Waals surface area contributed by atoms with Gasteiger partial charge >= 0.3 is 27.1 Å². The minimum Gasteiger partial charge on any atom is -0.465 e. The van der Waals surface area contributed by atoms with Gasteiger partial charge in [0.1, 0.15) is 11.5 Å². The normalized spacial score (nSPS) is 33.0. The summed E-state index contributed by atoms with van der Waals surface area (Å²) in [5, 5.41) is -3.97. The lowest BCUT2D eigenvalue weighted by atomic mass is 9.50. The van der Waals surface area contributed by atoms with Gasteiger partial charge in [0, 0.05) is 33.0 Å². The Morgan fingerprint density at radius 3 is 1.43 bits per heavy atom. The van der Waals surface area contributed by atoms with Gasteiger partial charge in [-0.25, -0.2) is 9.13 Å². The molecule has 6 atom stereocenters. The first kappa shape index (κ1) is 29.4. The van der Waals surface area contributed by atoms with E-state index in [4.69, 9.17) is 50.8 Å². The Labute approximate surface area is 241 Å². The monoisotopic (exact) mass is 632 g/mol. The molecule has 2 heterocycles. The second-order valence-electron chi connectivity index (χ2n) is 9.34. The van der Waals surface area contributed by atoms with Gasteiger partial charge in [-0.15, -0.1) is 0 Å². The summed E-state index contributed by atoms with van der Waals surface area (Å²) in [7, 11) is -9.15. The van der Waals surface area contributed by atoms with Crippen molar-refractivity contribution in [2.24, 2.45) is 0 Å². The van der Waals surface area contributed by atoms with Crippen LogP contribution in [0.15, 0.2) is 36.4 Å². The molecule has 0 radical (unpaired) electrons. The molecule has 10 nitrogen and oxygen atoms in total. The van der Waals surface area contributed by atoms with Crippen LogP contribution < -0.4 is 9.05 Å².